The van der Waals surface area contributed by atoms with Crippen molar-refractivity contribution in [3.05, 3.63) is 42.0 Å². The van der Waals surface area contributed by atoms with Crippen molar-refractivity contribution < 1.29 is 9.47 Å². The number of rotatable bonds is 14. The number of fused-ring (bicyclic) bond motifs is 1. The molecule has 1 fully saturated rings. The Bertz CT molecular complexity index is 1230. The highest BCUT2D eigenvalue weighted by Gasteiger charge is 2.22. The van der Waals surface area contributed by atoms with E-state index >= 15 is 0 Å². The number of nitrogens with zero attached hydrogens (tertiary/aromatic N) is 5. The maximum atomic E-state index is 5.60. The van der Waals surface area contributed by atoms with Crippen molar-refractivity contribution in [3.63, 3.8) is 0 Å². The average Bonchev–Trinajstić information content (AvgIpc) is 3.07. The van der Waals surface area contributed by atoms with Crippen molar-refractivity contribution in [2.75, 3.05) is 83.1 Å². The van der Waals surface area contributed by atoms with Crippen molar-refractivity contribution in [1.29, 1.82) is 0 Å². The lowest BCUT2D eigenvalue weighted by Crippen LogP contribution is -2.39. The lowest BCUT2D eigenvalue weighted by Gasteiger charge is -2.33. The van der Waals surface area contributed by atoms with E-state index in [1.165, 1.54) is 11.3 Å². The standard InChI is InChI=1S/C31H47N7O2.2C2H6/c1-7-37(8-2)17-11-16-32-31-34-26-21-29(40-6)28(39-5)20-25(26)30(35-31)33-24-14-18-38(19-15-24)22-23-12-9-10-13-27(23)36(3)4;2*1-2/h9-10,12-13,20-21,24H,7-8,11,14-19,22H2,1-6H3,(H2,32,33,34,35);2*1-2H3. The van der Waals surface area contributed by atoms with Crippen molar-refractivity contribution >= 4 is 28.4 Å². The van der Waals surface area contributed by atoms with Gasteiger partial charge in [-0.15, -0.1) is 0 Å². The summed E-state index contributed by atoms with van der Waals surface area (Å²) in [6.07, 6.45) is 3.14. The monoisotopic (exact) mass is 609 g/mol. The highest BCUT2D eigenvalue weighted by atomic mass is 16.5. The minimum Gasteiger partial charge on any atom is -0.493 e. The minimum atomic E-state index is 0.335. The van der Waals surface area contributed by atoms with Gasteiger partial charge in [0.1, 0.15) is 5.82 Å². The van der Waals surface area contributed by atoms with E-state index < -0.39 is 0 Å². The molecule has 0 spiro atoms. The molecule has 0 saturated carbocycles. The van der Waals surface area contributed by atoms with Gasteiger partial charge in [-0.05, 0) is 56.6 Å². The molecular formula is C35H59N7O2. The van der Waals surface area contributed by atoms with Crippen LogP contribution in [0.5, 0.6) is 11.5 Å². The van der Waals surface area contributed by atoms with Gasteiger partial charge in [-0.25, -0.2) is 4.98 Å². The quantitative estimate of drug-likeness (QED) is 0.188. The van der Waals surface area contributed by atoms with Gasteiger partial charge in [-0.3, -0.25) is 4.90 Å². The van der Waals surface area contributed by atoms with Gasteiger partial charge in [0, 0.05) is 63.5 Å². The maximum absolute atomic E-state index is 5.60. The number of nitrogens with one attached hydrogen (secondary N) is 2. The van der Waals surface area contributed by atoms with Crippen LogP contribution in [0.15, 0.2) is 36.4 Å². The summed E-state index contributed by atoms with van der Waals surface area (Å²) in [6.45, 7) is 19.5. The first-order chi connectivity index (χ1) is 21.4. The number of benzene rings is 2. The van der Waals surface area contributed by atoms with Crippen molar-refractivity contribution in [3.8, 4) is 11.5 Å². The molecular weight excluding hydrogens is 550 g/mol. The molecule has 1 aromatic heterocycles. The Labute approximate surface area is 267 Å². The SMILES string of the molecule is CC.CC.CCN(CC)CCCNc1nc(NC2CCN(Cc3ccccc3N(C)C)CC2)c2cc(OC)c(OC)cc2n1. The van der Waals surface area contributed by atoms with Crippen molar-refractivity contribution in [2.45, 2.75) is 73.4 Å². The van der Waals surface area contributed by atoms with Crippen LogP contribution in [-0.4, -0.2) is 93.4 Å². The molecule has 0 amide bonds. The smallest absolute Gasteiger partial charge is 0.225 e. The molecule has 9 heteroatoms. The normalized spacial score (nSPS) is 13.4. The fourth-order valence-corrected chi connectivity index (χ4v) is 5.44. The number of aromatic nitrogens is 2. The van der Waals surface area contributed by atoms with E-state index in [0.29, 0.717) is 23.5 Å². The molecule has 2 N–H and O–H groups in total. The van der Waals surface area contributed by atoms with Gasteiger partial charge in [-0.1, -0.05) is 59.7 Å². The van der Waals surface area contributed by atoms with Gasteiger partial charge < -0.3 is 29.9 Å². The number of piperidine rings is 1. The molecule has 44 heavy (non-hydrogen) atoms. The first-order valence-corrected chi connectivity index (χ1v) is 16.6. The summed E-state index contributed by atoms with van der Waals surface area (Å²) in [5, 5.41) is 8.16. The van der Waals surface area contributed by atoms with Crippen LogP contribution in [0.3, 0.4) is 0 Å². The first-order valence-electron chi connectivity index (χ1n) is 16.6. The molecule has 1 aliphatic heterocycles. The molecule has 3 aromatic rings. The van der Waals surface area contributed by atoms with Gasteiger partial charge in [0.2, 0.25) is 5.95 Å². The molecule has 2 heterocycles. The van der Waals surface area contributed by atoms with Crippen LogP contribution in [0.4, 0.5) is 17.5 Å². The Morgan fingerprint density at radius 2 is 1.55 bits per heavy atom. The highest BCUT2D eigenvalue weighted by molar-refractivity contribution is 5.92. The van der Waals surface area contributed by atoms with Crippen molar-refractivity contribution in [2.24, 2.45) is 0 Å². The van der Waals surface area contributed by atoms with Crippen LogP contribution in [-0.2, 0) is 6.54 Å². The first kappa shape index (κ1) is 36.9. The van der Waals surface area contributed by atoms with Gasteiger partial charge >= 0.3 is 0 Å². The number of hydrogen-bond acceptors (Lipinski definition) is 9. The van der Waals surface area contributed by atoms with Crippen LogP contribution in [0.2, 0.25) is 0 Å². The second-order valence-electron chi connectivity index (χ2n) is 10.6. The van der Waals surface area contributed by atoms with Crippen LogP contribution in [0, 0.1) is 0 Å². The molecule has 0 unspecified atom stereocenters. The second kappa shape index (κ2) is 19.9. The summed E-state index contributed by atoms with van der Waals surface area (Å²) in [4.78, 5) is 16.9. The van der Waals surface area contributed by atoms with Crippen LogP contribution in [0.25, 0.3) is 10.9 Å². The molecule has 0 radical (unpaired) electrons. The summed E-state index contributed by atoms with van der Waals surface area (Å²) >= 11 is 0. The minimum absolute atomic E-state index is 0.335. The molecule has 1 aliphatic rings. The number of methoxy groups -OCH3 is 2. The molecule has 0 bridgehead atoms. The lowest BCUT2D eigenvalue weighted by atomic mass is 10.0. The largest absolute Gasteiger partial charge is 0.493 e. The number of likely N-dealkylation sites (tertiary alicyclic amines) is 1. The van der Waals surface area contributed by atoms with Gasteiger partial charge in [0.25, 0.3) is 0 Å². The Hall–Kier alpha value is -3.30. The number of para-hydroxylation sites is 1. The Kier molecular flexibility index (Phi) is 16.7. The van der Waals surface area contributed by atoms with E-state index in [-0.39, 0.29) is 0 Å². The fraction of sp³-hybridized carbons (Fsp3) is 0.600. The molecule has 4 rings (SSSR count). The molecule has 2 aromatic carbocycles. The average molecular weight is 610 g/mol. The van der Waals surface area contributed by atoms with E-state index in [1.807, 2.05) is 39.8 Å². The van der Waals surface area contributed by atoms with Gasteiger partial charge in [0.15, 0.2) is 11.5 Å². The Morgan fingerprint density at radius 1 is 0.909 bits per heavy atom. The van der Waals surface area contributed by atoms with E-state index in [9.17, 15) is 0 Å². The van der Waals surface area contributed by atoms with Crippen LogP contribution < -0.4 is 25.0 Å². The summed E-state index contributed by atoms with van der Waals surface area (Å²) in [7, 11) is 7.54. The zero-order valence-corrected chi connectivity index (χ0v) is 29.2. The molecule has 246 valence electrons. The summed E-state index contributed by atoms with van der Waals surface area (Å²) < 4.78 is 11.2. The molecule has 1 saturated heterocycles. The summed E-state index contributed by atoms with van der Waals surface area (Å²) in [6, 6.07) is 12.9. The van der Waals surface area contributed by atoms with Crippen LogP contribution in [0.1, 0.15) is 66.4 Å². The predicted octanol–water partition coefficient (Wildman–Crippen LogP) is 6.99. The Balaban J connectivity index is 0.00000162. The number of ether oxygens (including phenoxy) is 2. The third-order valence-corrected chi connectivity index (χ3v) is 7.83. The summed E-state index contributed by atoms with van der Waals surface area (Å²) in [5.41, 5.74) is 3.49. The third-order valence-electron chi connectivity index (χ3n) is 7.83. The number of anilines is 3. The molecule has 9 nitrogen and oxygen atoms in total. The molecule has 0 atom stereocenters. The van der Waals surface area contributed by atoms with Crippen molar-refractivity contribution in [1.82, 2.24) is 19.8 Å². The van der Waals surface area contributed by atoms with Gasteiger partial charge in [-0.2, -0.15) is 4.98 Å². The highest BCUT2D eigenvalue weighted by Crippen LogP contribution is 2.35. The lowest BCUT2D eigenvalue weighted by molar-refractivity contribution is 0.211. The third kappa shape index (κ3) is 10.4. The number of hydrogen-bond donors (Lipinski definition) is 2. The van der Waals surface area contributed by atoms with Gasteiger partial charge in [0.05, 0.1) is 19.7 Å². The predicted molar refractivity (Wildman–Crippen MR) is 189 cm³/mol. The van der Waals surface area contributed by atoms with E-state index in [0.717, 1.165) is 81.8 Å². The topological polar surface area (TPSA) is 78.0 Å². The zero-order chi connectivity index (χ0) is 32.5. The van der Waals surface area contributed by atoms with Crippen LogP contribution >= 0.6 is 0 Å². The van der Waals surface area contributed by atoms with E-state index in [1.54, 1.807) is 14.2 Å². The van der Waals surface area contributed by atoms with E-state index in [4.69, 9.17) is 19.4 Å². The second-order valence-corrected chi connectivity index (χ2v) is 10.6. The summed E-state index contributed by atoms with van der Waals surface area (Å²) in [5.74, 6) is 2.82. The molecule has 0 aliphatic carbocycles. The zero-order valence-electron chi connectivity index (χ0n) is 29.2. The van der Waals surface area contributed by atoms with E-state index in [2.05, 4.69) is 77.5 Å². The fourth-order valence-electron chi connectivity index (χ4n) is 5.44. The maximum Gasteiger partial charge on any atom is 0.225 e. The Morgan fingerprint density at radius 3 is 2.16 bits per heavy atom.